The number of ether oxygens (including phenoxy) is 1. The van der Waals surface area contributed by atoms with Gasteiger partial charge in [0.05, 0.1) is 18.0 Å². The lowest BCUT2D eigenvalue weighted by atomic mass is 10.2. The van der Waals surface area contributed by atoms with E-state index in [0.717, 1.165) is 0 Å². The molecule has 0 saturated carbocycles. The van der Waals surface area contributed by atoms with Crippen molar-refractivity contribution in [1.82, 2.24) is 9.97 Å². The third kappa shape index (κ3) is 1.19. The maximum Gasteiger partial charge on any atom is 0.347 e. The minimum absolute atomic E-state index is 0.182. The average Bonchev–Trinajstić information content (AvgIpc) is 2.16. The zero-order chi connectivity index (χ0) is 10.1. The first-order valence-electron chi connectivity index (χ1n) is 4.05. The second-order valence-electron chi connectivity index (χ2n) is 2.81. The Morgan fingerprint density at radius 2 is 2.29 bits per heavy atom. The van der Waals surface area contributed by atoms with Crippen LogP contribution in [0, 0.1) is 0 Å². The largest absolute Gasteiger partial charge is 0.496 e. The van der Waals surface area contributed by atoms with E-state index < -0.39 is 5.69 Å². The fourth-order valence-corrected chi connectivity index (χ4v) is 1.38. The van der Waals surface area contributed by atoms with Gasteiger partial charge in [-0.2, -0.15) is 4.98 Å². The third-order valence-electron chi connectivity index (χ3n) is 1.97. The zero-order valence-electron chi connectivity index (χ0n) is 7.57. The number of rotatable bonds is 1. The van der Waals surface area contributed by atoms with E-state index in [1.807, 2.05) is 0 Å². The number of fused-ring (bicyclic) bond motifs is 1. The molecule has 0 radical (unpaired) electrons. The van der Waals surface area contributed by atoms with Gasteiger partial charge in [0.2, 0.25) is 0 Å². The second kappa shape index (κ2) is 3.02. The molecule has 72 valence electrons. The number of aromatic amines is 1. The van der Waals surface area contributed by atoms with Gasteiger partial charge in [-0.1, -0.05) is 6.07 Å². The van der Waals surface area contributed by atoms with Gasteiger partial charge in [-0.3, -0.25) is 0 Å². The summed E-state index contributed by atoms with van der Waals surface area (Å²) in [6, 6.07) is 5.28. The lowest BCUT2D eigenvalue weighted by Gasteiger charge is -2.05. The number of hydrogen-bond donors (Lipinski definition) is 2. The molecule has 1 aromatic heterocycles. The molecule has 5 nitrogen and oxygen atoms in total. The van der Waals surface area contributed by atoms with Crippen LogP contribution >= 0.6 is 0 Å². The number of methoxy groups -OCH3 is 1. The molecule has 3 N–H and O–H groups in total. The molecule has 0 unspecified atom stereocenters. The first-order chi connectivity index (χ1) is 6.72. The Balaban J connectivity index is 2.94. The molecule has 0 amide bonds. The molecule has 1 aromatic carbocycles. The Morgan fingerprint density at radius 1 is 1.50 bits per heavy atom. The van der Waals surface area contributed by atoms with Gasteiger partial charge in [0.15, 0.2) is 0 Å². The molecule has 0 aliphatic carbocycles. The van der Waals surface area contributed by atoms with Gasteiger partial charge in [0, 0.05) is 0 Å². The first kappa shape index (κ1) is 8.55. The van der Waals surface area contributed by atoms with Crippen molar-refractivity contribution in [3.05, 3.63) is 28.7 Å². The zero-order valence-corrected chi connectivity index (χ0v) is 7.57. The molecule has 14 heavy (non-hydrogen) atoms. The summed E-state index contributed by atoms with van der Waals surface area (Å²) in [5.74, 6) is 0.782. The molecule has 0 bridgehead atoms. The smallest absolute Gasteiger partial charge is 0.347 e. The van der Waals surface area contributed by atoms with Gasteiger partial charge in [-0.25, -0.2) is 4.79 Å². The number of nitrogen functional groups attached to an aromatic ring is 1. The Morgan fingerprint density at radius 3 is 3.00 bits per heavy atom. The third-order valence-corrected chi connectivity index (χ3v) is 1.97. The highest BCUT2D eigenvalue weighted by atomic mass is 16.5. The highest BCUT2D eigenvalue weighted by Gasteiger charge is 2.06. The van der Waals surface area contributed by atoms with Crippen molar-refractivity contribution in [2.45, 2.75) is 0 Å². The van der Waals surface area contributed by atoms with Gasteiger partial charge in [-0.05, 0) is 12.1 Å². The van der Waals surface area contributed by atoms with Crippen LogP contribution in [-0.2, 0) is 0 Å². The highest BCUT2D eigenvalue weighted by molar-refractivity contribution is 5.93. The summed E-state index contributed by atoms with van der Waals surface area (Å²) in [7, 11) is 1.54. The van der Waals surface area contributed by atoms with Gasteiger partial charge in [0.25, 0.3) is 0 Å². The van der Waals surface area contributed by atoms with Crippen LogP contribution in [0.4, 0.5) is 5.82 Å². The van der Waals surface area contributed by atoms with Gasteiger partial charge < -0.3 is 15.5 Å². The summed E-state index contributed by atoms with van der Waals surface area (Å²) < 4.78 is 5.11. The second-order valence-corrected chi connectivity index (χ2v) is 2.81. The van der Waals surface area contributed by atoms with Crippen LogP contribution < -0.4 is 16.2 Å². The maximum atomic E-state index is 11.0. The van der Waals surface area contributed by atoms with Crippen LogP contribution in [-0.4, -0.2) is 17.1 Å². The van der Waals surface area contributed by atoms with E-state index in [-0.39, 0.29) is 5.82 Å². The van der Waals surface area contributed by atoms with E-state index >= 15 is 0 Å². The number of H-pyrrole nitrogens is 1. The van der Waals surface area contributed by atoms with Crippen LogP contribution in [0.1, 0.15) is 0 Å². The van der Waals surface area contributed by atoms with E-state index in [1.54, 1.807) is 25.3 Å². The number of nitrogens with zero attached hydrogens (tertiary/aromatic N) is 1. The molecule has 0 atom stereocenters. The number of hydrogen-bond acceptors (Lipinski definition) is 4. The number of nitrogens with one attached hydrogen (secondary N) is 1. The quantitative estimate of drug-likeness (QED) is 0.688. The molecule has 5 heteroatoms. The van der Waals surface area contributed by atoms with E-state index in [9.17, 15) is 4.79 Å². The Labute approximate surface area is 79.5 Å². The van der Waals surface area contributed by atoms with E-state index in [2.05, 4.69) is 9.97 Å². The molecule has 0 aliphatic rings. The lowest BCUT2D eigenvalue weighted by Crippen LogP contribution is -2.12. The molecular formula is C9H9N3O2. The standard InChI is InChI=1S/C9H9N3O2/c1-14-6-4-2-3-5-7(6)8(10)12-9(13)11-5/h2-4H,1H3,(H3,10,11,12,13). The number of nitrogens with two attached hydrogens (primary N) is 1. The fraction of sp³-hybridized carbons (Fsp3) is 0.111. The van der Waals surface area contributed by atoms with E-state index in [1.165, 1.54) is 0 Å². The minimum atomic E-state index is -0.455. The number of anilines is 1. The predicted molar refractivity (Wildman–Crippen MR) is 53.3 cm³/mol. The summed E-state index contributed by atoms with van der Waals surface area (Å²) in [5.41, 5.74) is 5.79. The topological polar surface area (TPSA) is 81.0 Å². The van der Waals surface area contributed by atoms with Crippen LogP contribution in [0.25, 0.3) is 10.9 Å². The number of aromatic nitrogens is 2. The van der Waals surface area contributed by atoms with Crippen molar-refractivity contribution in [1.29, 1.82) is 0 Å². The molecule has 0 fully saturated rings. The highest BCUT2D eigenvalue weighted by Crippen LogP contribution is 2.26. The fourth-order valence-electron chi connectivity index (χ4n) is 1.38. The molecular weight excluding hydrogens is 182 g/mol. The van der Waals surface area contributed by atoms with E-state index in [4.69, 9.17) is 10.5 Å². The van der Waals surface area contributed by atoms with Crippen molar-refractivity contribution >= 4 is 16.7 Å². The van der Waals surface area contributed by atoms with Crippen molar-refractivity contribution in [3.8, 4) is 5.75 Å². The van der Waals surface area contributed by atoms with Gasteiger partial charge >= 0.3 is 5.69 Å². The van der Waals surface area contributed by atoms with Crippen molar-refractivity contribution in [2.75, 3.05) is 12.8 Å². The van der Waals surface area contributed by atoms with Gasteiger partial charge in [-0.15, -0.1) is 0 Å². The first-order valence-corrected chi connectivity index (χ1v) is 4.05. The summed E-state index contributed by atoms with van der Waals surface area (Å²) in [6.45, 7) is 0. The molecule has 2 rings (SSSR count). The summed E-state index contributed by atoms with van der Waals surface area (Å²) in [4.78, 5) is 17.2. The minimum Gasteiger partial charge on any atom is -0.496 e. The Bertz CT molecular complexity index is 533. The summed E-state index contributed by atoms with van der Waals surface area (Å²) in [5, 5.41) is 0.634. The monoisotopic (exact) mass is 191 g/mol. The van der Waals surface area contributed by atoms with Crippen LogP contribution in [0.15, 0.2) is 23.0 Å². The van der Waals surface area contributed by atoms with Crippen LogP contribution in [0.3, 0.4) is 0 Å². The van der Waals surface area contributed by atoms with Crippen LogP contribution in [0.2, 0.25) is 0 Å². The summed E-state index contributed by atoms with van der Waals surface area (Å²) >= 11 is 0. The Kier molecular flexibility index (Phi) is 1.85. The normalized spacial score (nSPS) is 10.4. The molecule has 1 heterocycles. The van der Waals surface area contributed by atoms with Gasteiger partial charge in [0.1, 0.15) is 11.6 Å². The number of benzene rings is 1. The molecule has 0 aliphatic heterocycles. The lowest BCUT2D eigenvalue weighted by molar-refractivity contribution is 0.420. The molecule has 0 spiro atoms. The van der Waals surface area contributed by atoms with Crippen molar-refractivity contribution in [2.24, 2.45) is 0 Å². The Hall–Kier alpha value is -2.04. The average molecular weight is 191 g/mol. The molecule has 2 aromatic rings. The van der Waals surface area contributed by atoms with E-state index in [0.29, 0.717) is 16.7 Å². The maximum absolute atomic E-state index is 11.0. The summed E-state index contributed by atoms with van der Waals surface area (Å²) in [6.07, 6.45) is 0. The molecule has 0 saturated heterocycles. The van der Waals surface area contributed by atoms with Crippen molar-refractivity contribution < 1.29 is 4.74 Å². The van der Waals surface area contributed by atoms with Crippen LogP contribution in [0.5, 0.6) is 5.75 Å². The SMILES string of the molecule is COc1cccc2[nH]c(=O)nc(N)c12. The van der Waals surface area contributed by atoms with Crippen molar-refractivity contribution in [3.63, 3.8) is 0 Å². The predicted octanol–water partition coefficient (Wildman–Crippen LogP) is 0.514.